The monoisotopic (exact) mass is 276 g/mol. The molecular formula is C13H16N4OS. The van der Waals surface area contributed by atoms with Gasteiger partial charge in [0.15, 0.2) is 0 Å². The van der Waals surface area contributed by atoms with Gasteiger partial charge in [-0.2, -0.15) is 4.37 Å². The van der Waals surface area contributed by atoms with E-state index in [-0.39, 0.29) is 5.91 Å². The molecule has 0 aliphatic heterocycles. The lowest BCUT2D eigenvalue weighted by Gasteiger charge is -2.15. The smallest absolute Gasteiger partial charge is 0.223 e. The summed E-state index contributed by atoms with van der Waals surface area (Å²) in [6.07, 6.45) is 0.825. The molecule has 2 rings (SSSR count). The Hall–Kier alpha value is -1.95. The van der Waals surface area contributed by atoms with Crippen LogP contribution in [0.1, 0.15) is 19.7 Å². The van der Waals surface area contributed by atoms with Crippen LogP contribution in [0.25, 0.3) is 0 Å². The van der Waals surface area contributed by atoms with Crippen molar-refractivity contribution in [3.8, 4) is 0 Å². The van der Waals surface area contributed by atoms with E-state index in [0.29, 0.717) is 0 Å². The summed E-state index contributed by atoms with van der Waals surface area (Å²) in [5.41, 5.74) is 1.74. The molecule has 0 bridgehead atoms. The summed E-state index contributed by atoms with van der Waals surface area (Å²) in [4.78, 5) is 17.3. The Morgan fingerprint density at radius 3 is 2.89 bits per heavy atom. The molecule has 2 aromatic rings. The highest BCUT2D eigenvalue weighted by Crippen LogP contribution is 2.23. The molecular weight excluding hydrogens is 260 g/mol. The van der Waals surface area contributed by atoms with Gasteiger partial charge in [0.1, 0.15) is 5.82 Å². The van der Waals surface area contributed by atoms with E-state index in [1.54, 1.807) is 18.9 Å². The Balaban J connectivity index is 2.17. The van der Waals surface area contributed by atoms with Crippen molar-refractivity contribution < 1.29 is 4.79 Å². The van der Waals surface area contributed by atoms with Crippen molar-refractivity contribution in [1.29, 1.82) is 0 Å². The predicted octanol–water partition coefficient (Wildman–Crippen LogP) is 2.83. The third kappa shape index (κ3) is 3.29. The molecule has 1 N–H and O–H groups in total. The minimum absolute atomic E-state index is 0.00124. The number of carbonyl (C=O) groups is 1. The zero-order valence-electron chi connectivity index (χ0n) is 11.2. The standard InChI is InChI=1S/C13H16N4OS/c1-4-12-15-13(19-16-12)14-10-6-5-7-11(8-10)17(3)9(2)18/h5-8H,4H2,1-3H3,(H,14,15,16). The lowest BCUT2D eigenvalue weighted by molar-refractivity contribution is -0.116. The number of aromatic nitrogens is 2. The molecule has 0 atom stereocenters. The van der Waals surface area contributed by atoms with Crippen molar-refractivity contribution >= 4 is 33.9 Å². The number of nitrogens with zero attached hydrogens (tertiary/aromatic N) is 3. The molecule has 0 spiro atoms. The van der Waals surface area contributed by atoms with Crippen molar-refractivity contribution in [1.82, 2.24) is 9.36 Å². The number of benzene rings is 1. The molecule has 5 nitrogen and oxygen atoms in total. The second-order valence-electron chi connectivity index (χ2n) is 4.12. The molecule has 0 aliphatic carbocycles. The van der Waals surface area contributed by atoms with Gasteiger partial charge < -0.3 is 10.2 Å². The third-order valence-corrected chi connectivity index (χ3v) is 3.41. The zero-order valence-corrected chi connectivity index (χ0v) is 12.0. The van der Waals surface area contributed by atoms with Crippen molar-refractivity contribution in [2.75, 3.05) is 17.3 Å². The topological polar surface area (TPSA) is 58.1 Å². The Bertz CT molecular complexity index is 582. The number of hydrogen-bond acceptors (Lipinski definition) is 5. The lowest BCUT2D eigenvalue weighted by Crippen LogP contribution is -2.22. The molecule has 100 valence electrons. The molecule has 19 heavy (non-hydrogen) atoms. The van der Waals surface area contributed by atoms with E-state index in [2.05, 4.69) is 14.7 Å². The van der Waals surface area contributed by atoms with Gasteiger partial charge in [-0.05, 0) is 18.2 Å². The van der Waals surface area contributed by atoms with Crippen LogP contribution in [-0.4, -0.2) is 22.3 Å². The van der Waals surface area contributed by atoms with E-state index in [9.17, 15) is 4.79 Å². The van der Waals surface area contributed by atoms with Crippen molar-refractivity contribution in [3.05, 3.63) is 30.1 Å². The van der Waals surface area contributed by atoms with Gasteiger partial charge in [-0.25, -0.2) is 4.98 Å². The predicted molar refractivity (Wildman–Crippen MR) is 78.1 cm³/mol. The average Bonchev–Trinajstić information content (AvgIpc) is 2.85. The molecule has 0 saturated carbocycles. The van der Waals surface area contributed by atoms with E-state index >= 15 is 0 Å². The fourth-order valence-corrected chi connectivity index (χ4v) is 2.22. The summed E-state index contributed by atoms with van der Waals surface area (Å²) in [6.45, 7) is 3.56. The number of amides is 1. The lowest BCUT2D eigenvalue weighted by atomic mass is 10.2. The minimum Gasteiger partial charge on any atom is -0.330 e. The van der Waals surface area contributed by atoms with E-state index < -0.39 is 0 Å². The van der Waals surface area contributed by atoms with Crippen LogP contribution < -0.4 is 10.2 Å². The fraction of sp³-hybridized carbons (Fsp3) is 0.308. The van der Waals surface area contributed by atoms with Gasteiger partial charge in [0.25, 0.3) is 0 Å². The summed E-state index contributed by atoms with van der Waals surface area (Å²) in [7, 11) is 1.75. The molecule has 0 aliphatic rings. The molecule has 0 unspecified atom stereocenters. The highest BCUT2D eigenvalue weighted by atomic mass is 32.1. The Labute approximate surface area is 116 Å². The second-order valence-corrected chi connectivity index (χ2v) is 4.87. The number of carbonyl (C=O) groups excluding carboxylic acids is 1. The second kappa shape index (κ2) is 5.79. The van der Waals surface area contributed by atoms with Crippen molar-refractivity contribution in [2.24, 2.45) is 0 Å². The fourth-order valence-electron chi connectivity index (χ4n) is 1.55. The zero-order chi connectivity index (χ0) is 13.8. The quantitative estimate of drug-likeness (QED) is 0.933. The summed E-state index contributed by atoms with van der Waals surface area (Å²) in [5.74, 6) is 0.839. The first-order valence-corrected chi connectivity index (χ1v) is 6.81. The first-order chi connectivity index (χ1) is 9.10. The summed E-state index contributed by atoms with van der Waals surface area (Å²) < 4.78 is 4.22. The largest absolute Gasteiger partial charge is 0.330 e. The number of hydrogen-bond donors (Lipinski definition) is 1. The van der Waals surface area contributed by atoms with E-state index in [1.165, 1.54) is 11.5 Å². The van der Waals surface area contributed by atoms with Gasteiger partial charge in [0, 0.05) is 43.3 Å². The molecule has 1 aromatic carbocycles. The van der Waals surface area contributed by atoms with Crippen LogP contribution in [-0.2, 0) is 11.2 Å². The first-order valence-electron chi connectivity index (χ1n) is 6.04. The molecule has 1 aromatic heterocycles. The van der Waals surface area contributed by atoms with E-state index in [1.807, 2.05) is 31.2 Å². The minimum atomic E-state index is 0.00124. The van der Waals surface area contributed by atoms with Gasteiger partial charge in [-0.3, -0.25) is 4.79 Å². The number of aryl methyl sites for hydroxylation is 1. The van der Waals surface area contributed by atoms with Crippen molar-refractivity contribution in [2.45, 2.75) is 20.3 Å². The summed E-state index contributed by atoms with van der Waals surface area (Å²) in [5, 5.41) is 3.96. The highest BCUT2D eigenvalue weighted by Gasteiger charge is 2.07. The SMILES string of the molecule is CCc1nsc(Nc2cccc(N(C)C(C)=O)c2)n1. The van der Waals surface area contributed by atoms with Crippen LogP contribution in [0.2, 0.25) is 0 Å². The Morgan fingerprint density at radius 2 is 2.26 bits per heavy atom. The molecule has 1 heterocycles. The number of anilines is 3. The average molecular weight is 276 g/mol. The van der Waals surface area contributed by atoms with Gasteiger partial charge in [-0.15, -0.1) is 0 Å². The van der Waals surface area contributed by atoms with Crippen LogP contribution in [0.15, 0.2) is 24.3 Å². The Morgan fingerprint density at radius 1 is 1.47 bits per heavy atom. The first kappa shape index (κ1) is 13.5. The molecule has 0 radical (unpaired) electrons. The summed E-state index contributed by atoms with van der Waals surface area (Å²) in [6, 6.07) is 7.64. The molecule has 1 amide bonds. The van der Waals surface area contributed by atoms with Crippen LogP contribution in [0, 0.1) is 0 Å². The van der Waals surface area contributed by atoms with Crippen LogP contribution in [0.4, 0.5) is 16.5 Å². The summed E-state index contributed by atoms with van der Waals surface area (Å²) >= 11 is 1.34. The number of nitrogens with one attached hydrogen (secondary N) is 1. The van der Waals surface area contributed by atoms with Gasteiger partial charge in [0.05, 0.1) is 0 Å². The number of rotatable bonds is 4. The molecule has 0 saturated heterocycles. The van der Waals surface area contributed by atoms with Crippen LogP contribution in [0.3, 0.4) is 0 Å². The van der Waals surface area contributed by atoms with Gasteiger partial charge in [-0.1, -0.05) is 13.0 Å². The maximum atomic E-state index is 11.3. The van der Waals surface area contributed by atoms with E-state index in [0.717, 1.165) is 28.8 Å². The molecule has 6 heteroatoms. The van der Waals surface area contributed by atoms with Gasteiger partial charge >= 0.3 is 0 Å². The maximum Gasteiger partial charge on any atom is 0.223 e. The normalized spacial score (nSPS) is 10.3. The van der Waals surface area contributed by atoms with Gasteiger partial charge in [0.2, 0.25) is 11.0 Å². The molecule has 0 fully saturated rings. The van der Waals surface area contributed by atoms with Crippen LogP contribution in [0.5, 0.6) is 0 Å². The maximum absolute atomic E-state index is 11.3. The third-order valence-electron chi connectivity index (χ3n) is 2.74. The van der Waals surface area contributed by atoms with E-state index in [4.69, 9.17) is 0 Å². The van der Waals surface area contributed by atoms with Crippen molar-refractivity contribution in [3.63, 3.8) is 0 Å². The Kier molecular flexibility index (Phi) is 4.11. The van der Waals surface area contributed by atoms with Crippen LogP contribution >= 0.6 is 11.5 Å². The highest BCUT2D eigenvalue weighted by molar-refractivity contribution is 7.09.